The zero-order valence-corrected chi connectivity index (χ0v) is 7.52. The topological polar surface area (TPSA) is 55.1 Å². The number of hydrogen-bond donors (Lipinski definition) is 2. The van der Waals surface area contributed by atoms with E-state index in [4.69, 9.17) is 5.84 Å². The summed E-state index contributed by atoms with van der Waals surface area (Å²) in [6, 6.07) is 5.51. The summed E-state index contributed by atoms with van der Waals surface area (Å²) in [4.78, 5) is 11.6. The van der Waals surface area contributed by atoms with Crippen molar-refractivity contribution in [2.45, 2.75) is 4.90 Å². The number of nitrogens with one attached hydrogen (secondary N) is 1. The number of carbonyl (C=O) groups is 1. The minimum atomic E-state index is 0.618. The monoisotopic (exact) mass is 182 g/mol. The summed E-state index contributed by atoms with van der Waals surface area (Å²) in [6.45, 7) is 0. The van der Waals surface area contributed by atoms with Crippen molar-refractivity contribution >= 4 is 23.7 Å². The fourth-order valence-corrected chi connectivity index (χ4v) is 1.56. The van der Waals surface area contributed by atoms with Gasteiger partial charge in [0.2, 0.25) is 0 Å². The summed E-state index contributed by atoms with van der Waals surface area (Å²) < 4.78 is 0. The van der Waals surface area contributed by atoms with Gasteiger partial charge in [-0.05, 0) is 18.4 Å². The van der Waals surface area contributed by atoms with Crippen LogP contribution in [-0.4, -0.2) is 12.5 Å². The van der Waals surface area contributed by atoms with Crippen LogP contribution in [0.1, 0.15) is 10.4 Å². The number of nitrogens with two attached hydrogens (primary N) is 1. The zero-order valence-electron chi connectivity index (χ0n) is 6.70. The van der Waals surface area contributed by atoms with Crippen LogP contribution >= 0.6 is 11.8 Å². The van der Waals surface area contributed by atoms with E-state index < -0.39 is 0 Å². The molecule has 0 amide bonds. The molecular formula is C8H10N2OS. The van der Waals surface area contributed by atoms with Crippen molar-refractivity contribution in [3.05, 3.63) is 23.8 Å². The number of hydrazine groups is 1. The molecule has 0 saturated heterocycles. The third-order valence-electron chi connectivity index (χ3n) is 1.56. The Hall–Kier alpha value is -1.00. The first-order valence-corrected chi connectivity index (χ1v) is 4.64. The van der Waals surface area contributed by atoms with Gasteiger partial charge < -0.3 is 5.43 Å². The van der Waals surface area contributed by atoms with Crippen LogP contribution in [0.25, 0.3) is 0 Å². The van der Waals surface area contributed by atoms with E-state index in [9.17, 15) is 4.79 Å². The molecule has 12 heavy (non-hydrogen) atoms. The van der Waals surface area contributed by atoms with Crippen LogP contribution in [0, 0.1) is 0 Å². The van der Waals surface area contributed by atoms with Crippen LogP contribution in [0.2, 0.25) is 0 Å². The molecule has 1 aromatic carbocycles. The Morgan fingerprint density at radius 2 is 2.33 bits per heavy atom. The van der Waals surface area contributed by atoms with Crippen molar-refractivity contribution in [1.29, 1.82) is 0 Å². The number of nitrogen functional groups attached to an aromatic ring is 1. The lowest BCUT2D eigenvalue weighted by molar-refractivity contribution is 0.112. The standard InChI is InChI=1S/C8H10N2OS/c1-12-8-4-2-3-7(10-9)6(8)5-11/h2-5,10H,9H2,1H3. The number of thioether (sulfide) groups is 1. The number of carbonyl (C=O) groups excluding carboxylic acids is 1. The molecule has 0 fully saturated rings. The molecule has 3 nitrogen and oxygen atoms in total. The molecule has 0 radical (unpaired) electrons. The zero-order chi connectivity index (χ0) is 8.97. The quantitative estimate of drug-likeness (QED) is 0.322. The minimum absolute atomic E-state index is 0.618. The second kappa shape index (κ2) is 4.13. The number of anilines is 1. The number of aldehydes is 1. The van der Waals surface area contributed by atoms with Gasteiger partial charge in [0.25, 0.3) is 0 Å². The molecule has 3 N–H and O–H groups in total. The second-order valence-electron chi connectivity index (χ2n) is 2.18. The molecule has 1 rings (SSSR count). The molecule has 0 heterocycles. The van der Waals surface area contributed by atoms with Gasteiger partial charge in [0, 0.05) is 4.90 Å². The molecule has 1 aromatic rings. The van der Waals surface area contributed by atoms with Crippen LogP contribution in [-0.2, 0) is 0 Å². The maximum atomic E-state index is 10.7. The van der Waals surface area contributed by atoms with Gasteiger partial charge in [0.1, 0.15) is 0 Å². The third kappa shape index (κ3) is 1.60. The van der Waals surface area contributed by atoms with Crippen molar-refractivity contribution in [3.63, 3.8) is 0 Å². The Balaban J connectivity index is 3.21. The highest BCUT2D eigenvalue weighted by molar-refractivity contribution is 7.98. The molecule has 0 atom stereocenters. The normalized spacial score (nSPS) is 9.50. The Morgan fingerprint density at radius 3 is 2.83 bits per heavy atom. The fraction of sp³-hybridized carbons (Fsp3) is 0.125. The van der Waals surface area contributed by atoms with Gasteiger partial charge in [-0.2, -0.15) is 0 Å². The third-order valence-corrected chi connectivity index (χ3v) is 2.36. The summed E-state index contributed by atoms with van der Waals surface area (Å²) >= 11 is 1.52. The maximum Gasteiger partial charge on any atom is 0.153 e. The van der Waals surface area contributed by atoms with E-state index >= 15 is 0 Å². The molecule has 0 aliphatic heterocycles. The van der Waals surface area contributed by atoms with E-state index in [1.54, 1.807) is 6.07 Å². The Kier molecular flexibility index (Phi) is 3.13. The largest absolute Gasteiger partial charge is 0.323 e. The fourth-order valence-electron chi connectivity index (χ4n) is 0.969. The van der Waals surface area contributed by atoms with Crippen molar-refractivity contribution < 1.29 is 4.79 Å². The predicted molar refractivity (Wildman–Crippen MR) is 51.4 cm³/mol. The molecule has 0 aliphatic carbocycles. The highest BCUT2D eigenvalue weighted by Gasteiger charge is 2.04. The lowest BCUT2D eigenvalue weighted by atomic mass is 10.2. The average Bonchev–Trinajstić information content (AvgIpc) is 2.16. The van der Waals surface area contributed by atoms with Gasteiger partial charge in [-0.15, -0.1) is 11.8 Å². The first-order valence-electron chi connectivity index (χ1n) is 3.42. The summed E-state index contributed by atoms with van der Waals surface area (Å²) in [5.74, 6) is 5.23. The van der Waals surface area contributed by atoms with Gasteiger partial charge in [0.15, 0.2) is 6.29 Å². The molecule has 0 unspecified atom stereocenters. The summed E-state index contributed by atoms with van der Waals surface area (Å²) in [7, 11) is 0. The number of benzene rings is 1. The number of hydrogen-bond acceptors (Lipinski definition) is 4. The highest BCUT2D eigenvalue weighted by atomic mass is 32.2. The Bertz CT molecular complexity index is 266. The number of rotatable bonds is 3. The van der Waals surface area contributed by atoms with E-state index in [0.29, 0.717) is 11.3 Å². The lowest BCUT2D eigenvalue weighted by Gasteiger charge is -2.06. The summed E-state index contributed by atoms with van der Waals surface area (Å²) in [6.07, 6.45) is 2.73. The van der Waals surface area contributed by atoms with Crippen LogP contribution in [0.5, 0.6) is 0 Å². The molecule has 0 aliphatic rings. The van der Waals surface area contributed by atoms with Gasteiger partial charge in [-0.25, -0.2) is 0 Å². The maximum absolute atomic E-state index is 10.7. The van der Waals surface area contributed by atoms with E-state index in [2.05, 4.69) is 5.43 Å². The average molecular weight is 182 g/mol. The van der Waals surface area contributed by atoms with Crippen LogP contribution < -0.4 is 11.3 Å². The lowest BCUT2D eigenvalue weighted by Crippen LogP contribution is -2.09. The smallest absolute Gasteiger partial charge is 0.153 e. The molecule has 0 saturated carbocycles. The van der Waals surface area contributed by atoms with E-state index in [-0.39, 0.29) is 0 Å². The van der Waals surface area contributed by atoms with Gasteiger partial charge in [-0.1, -0.05) is 6.07 Å². The van der Waals surface area contributed by atoms with Crippen molar-refractivity contribution in [1.82, 2.24) is 0 Å². The van der Waals surface area contributed by atoms with Crippen LogP contribution in [0.4, 0.5) is 5.69 Å². The molecule has 0 spiro atoms. The van der Waals surface area contributed by atoms with Crippen molar-refractivity contribution in [2.75, 3.05) is 11.7 Å². The van der Waals surface area contributed by atoms with Crippen LogP contribution in [0.3, 0.4) is 0 Å². The van der Waals surface area contributed by atoms with Crippen molar-refractivity contribution in [2.24, 2.45) is 5.84 Å². The first-order chi connectivity index (χ1) is 5.83. The molecule has 0 bridgehead atoms. The molecular weight excluding hydrogens is 172 g/mol. The first kappa shape index (κ1) is 9.09. The molecule has 64 valence electrons. The van der Waals surface area contributed by atoms with E-state index in [0.717, 1.165) is 11.2 Å². The van der Waals surface area contributed by atoms with Crippen molar-refractivity contribution in [3.8, 4) is 0 Å². The molecule has 0 aromatic heterocycles. The van der Waals surface area contributed by atoms with Crippen LogP contribution in [0.15, 0.2) is 23.1 Å². The van der Waals surface area contributed by atoms with Gasteiger partial charge in [0.05, 0.1) is 11.3 Å². The SMILES string of the molecule is CSc1cccc(NN)c1C=O. The summed E-state index contributed by atoms with van der Waals surface area (Å²) in [5, 5.41) is 0. The van der Waals surface area contributed by atoms with Gasteiger partial charge in [-0.3, -0.25) is 10.6 Å². The second-order valence-corrected chi connectivity index (χ2v) is 3.03. The van der Waals surface area contributed by atoms with Gasteiger partial charge >= 0.3 is 0 Å². The van der Waals surface area contributed by atoms with E-state index in [1.807, 2.05) is 18.4 Å². The Morgan fingerprint density at radius 1 is 1.58 bits per heavy atom. The summed E-state index contributed by atoms with van der Waals surface area (Å²) in [5.41, 5.74) is 3.76. The molecule has 4 heteroatoms. The predicted octanol–water partition coefficient (Wildman–Crippen LogP) is 1.51. The Labute approximate surface area is 75.3 Å². The minimum Gasteiger partial charge on any atom is -0.323 e. The highest BCUT2D eigenvalue weighted by Crippen LogP contribution is 2.24. The van der Waals surface area contributed by atoms with E-state index in [1.165, 1.54) is 11.8 Å².